The van der Waals surface area contributed by atoms with Gasteiger partial charge in [0.1, 0.15) is 10.8 Å². The minimum absolute atomic E-state index is 0.0173. The lowest BCUT2D eigenvalue weighted by molar-refractivity contribution is -0.384. The van der Waals surface area contributed by atoms with Gasteiger partial charge >= 0.3 is 0 Å². The van der Waals surface area contributed by atoms with Crippen LogP contribution >= 0.6 is 11.3 Å². The van der Waals surface area contributed by atoms with Crippen molar-refractivity contribution >= 4 is 28.1 Å². The van der Waals surface area contributed by atoms with E-state index >= 15 is 0 Å². The fourth-order valence-corrected chi connectivity index (χ4v) is 2.69. The van der Waals surface area contributed by atoms with E-state index in [0.717, 1.165) is 11.3 Å². The number of anilines is 1. The highest BCUT2D eigenvalue weighted by Crippen LogP contribution is 2.28. The third-order valence-electron chi connectivity index (χ3n) is 3.12. The van der Waals surface area contributed by atoms with Gasteiger partial charge in [-0.15, -0.1) is 10.2 Å². The highest BCUT2D eigenvalue weighted by Gasteiger charge is 2.14. The predicted octanol–water partition coefficient (Wildman–Crippen LogP) is 3.07. The van der Waals surface area contributed by atoms with Crippen molar-refractivity contribution in [2.45, 2.75) is 0 Å². The standard InChI is InChI=1S/C15H10N4O4S/c20-12-4-2-1-3-11(12)13(21)16-15-18-17-14(24-15)9-5-7-10(8-6-9)19(22)23/h1-8,20H,(H,16,18,21). The summed E-state index contributed by atoms with van der Waals surface area (Å²) in [4.78, 5) is 22.3. The summed E-state index contributed by atoms with van der Waals surface area (Å²) >= 11 is 1.12. The number of benzene rings is 2. The highest BCUT2D eigenvalue weighted by molar-refractivity contribution is 7.18. The molecule has 1 aromatic heterocycles. The molecule has 1 heterocycles. The van der Waals surface area contributed by atoms with E-state index in [9.17, 15) is 20.0 Å². The number of para-hydroxylation sites is 1. The van der Waals surface area contributed by atoms with E-state index in [1.54, 1.807) is 24.3 Å². The minimum atomic E-state index is -0.500. The van der Waals surface area contributed by atoms with Crippen molar-refractivity contribution in [3.63, 3.8) is 0 Å². The Balaban J connectivity index is 1.77. The zero-order valence-electron chi connectivity index (χ0n) is 12.0. The number of aromatic hydroxyl groups is 1. The zero-order valence-corrected chi connectivity index (χ0v) is 12.9. The topological polar surface area (TPSA) is 118 Å². The molecule has 0 aliphatic heterocycles. The first kappa shape index (κ1) is 15.6. The largest absolute Gasteiger partial charge is 0.507 e. The zero-order chi connectivity index (χ0) is 17.1. The Hall–Kier alpha value is -3.33. The van der Waals surface area contributed by atoms with Gasteiger partial charge in [0.2, 0.25) is 5.13 Å². The number of rotatable bonds is 4. The maximum atomic E-state index is 12.1. The van der Waals surface area contributed by atoms with Crippen LogP contribution in [0.5, 0.6) is 5.75 Å². The number of hydrogen-bond donors (Lipinski definition) is 2. The normalized spacial score (nSPS) is 10.3. The smallest absolute Gasteiger partial charge is 0.269 e. The quantitative estimate of drug-likeness (QED) is 0.555. The molecule has 0 saturated heterocycles. The van der Waals surface area contributed by atoms with E-state index < -0.39 is 10.8 Å². The molecule has 0 atom stereocenters. The van der Waals surface area contributed by atoms with Crippen LogP contribution in [0.25, 0.3) is 10.6 Å². The molecule has 0 fully saturated rings. The van der Waals surface area contributed by atoms with Crippen LogP contribution in [-0.2, 0) is 0 Å². The van der Waals surface area contributed by atoms with E-state index in [4.69, 9.17) is 0 Å². The summed E-state index contributed by atoms with van der Waals surface area (Å²) in [7, 11) is 0. The van der Waals surface area contributed by atoms with Gasteiger partial charge in [0.25, 0.3) is 11.6 Å². The number of carbonyl (C=O) groups excluding carboxylic acids is 1. The van der Waals surface area contributed by atoms with Crippen LogP contribution in [-0.4, -0.2) is 26.1 Å². The monoisotopic (exact) mass is 342 g/mol. The Bertz CT molecular complexity index is 908. The Morgan fingerprint density at radius 2 is 1.83 bits per heavy atom. The average Bonchev–Trinajstić information content (AvgIpc) is 3.03. The molecule has 0 saturated carbocycles. The van der Waals surface area contributed by atoms with Gasteiger partial charge in [0.15, 0.2) is 0 Å². The lowest BCUT2D eigenvalue weighted by atomic mass is 10.2. The number of phenolic OH excluding ortho intramolecular Hbond substituents is 1. The molecule has 2 aromatic carbocycles. The molecular formula is C15H10N4O4S. The van der Waals surface area contributed by atoms with Gasteiger partial charge in [-0.25, -0.2) is 0 Å². The van der Waals surface area contributed by atoms with Crippen molar-refractivity contribution in [1.29, 1.82) is 0 Å². The van der Waals surface area contributed by atoms with Gasteiger partial charge in [0, 0.05) is 17.7 Å². The van der Waals surface area contributed by atoms with Crippen LogP contribution in [0.1, 0.15) is 10.4 Å². The van der Waals surface area contributed by atoms with Gasteiger partial charge in [0.05, 0.1) is 10.5 Å². The molecule has 3 rings (SSSR count). The number of carbonyl (C=O) groups is 1. The van der Waals surface area contributed by atoms with E-state index in [-0.39, 0.29) is 22.1 Å². The third kappa shape index (κ3) is 3.20. The molecule has 0 spiro atoms. The minimum Gasteiger partial charge on any atom is -0.507 e. The average molecular weight is 342 g/mol. The summed E-state index contributed by atoms with van der Waals surface area (Å²) in [6.45, 7) is 0. The molecule has 2 N–H and O–H groups in total. The van der Waals surface area contributed by atoms with E-state index in [1.807, 2.05) is 0 Å². The number of nitro groups is 1. The highest BCUT2D eigenvalue weighted by atomic mass is 32.1. The molecule has 0 radical (unpaired) electrons. The predicted molar refractivity (Wildman–Crippen MR) is 88.1 cm³/mol. The number of phenols is 1. The molecule has 24 heavy (non-hydrogen) atoms. The van der Waals surface area contributed by atoms with Gasteiger partial charge in [-0.05, 0) is 24.3 Å². The fraction of sp³-hybridized carbons (Fsp3) is 0. The number of non-ortho nitro benzene ring substituents is 1. The van der Waals surface area contributed by atoms with Crippen LogP contribution in [0.2, 0.25) is 0 Å². The molecule has 120 valence electrons. The summed E-state index contributed by atoms with van der Waals surface area (Å²) < 4.78 is 0. The second kappa shape index (κ2) is 6.42. The number of hydrogen-bond acceptors (Lipinski definition) is 7. The third-order valence-corrected chi connectivity index (χ3v) is 4.01. The van der Waals surface area contributed by atoms with Crippen LogP contribution in [0, 0.1) is 10.1 Å². The maximum absolute atomic E-state index is 12.1. The molecule has 0 aliphatic carbocycles. The van der Waals surface area contributed by atoms with Crippen LogP contribution in [0.3, 0.4) is 0 Å². The van der Waals surface area contributed by atoms with Crippen molar-refractivity contribution in [3.8, 4) is 16.3 Å². The van der Waals surface area contributed by atoms with Gasteiger partial charge in [-0.1, -0.05) is 23.5 Å². The summed E-state index contributed by atoms with van der Waals surface area (Å²) in [5.74, 6) is -0.630. The fourth-order valence-electron chi connectivity index (χ4n) is 1.95. The molecule has 0 aliphatic rings. The van der Waals surface area contributed by atoms with E-state index in [0.29, 0.717) is 10.6 Å². The summed E-state index contributed by atoms with van der Waals surface area (Å²) in [6, 6.07) is 12.0. The Kier molecular flexibility index (Phi) is 4.17. The lowest BCUT2D eigenvalue weighted by Gasteiger charge is -2.02. The Morgan fingerprint density at radius 3 is 2.50 bits per heavy atom. The first-order valence-corrected chi connectivity index (χ1v) is 7.54. The summed E-state index contributed by atoms with van der Waals surface area (Å²) in [5.41, 5.74) is 0.766. The Morgan fingerprint density at radius 1 is 1.12 bits per heavy atom. The van der Waals surface area contributed by atoms with Crippen molar-refractivity contribution in [2.24, 2.45) is 0 Å². The number of nitro benzene ring substituents is 1. The summed E-state index contributed by atoms with van der Waals surface area (Å²) in [6.07, 6.45) is 0. The van der Waals surface area contributed by atoms with Crippen LogP contribution in [0.4, 0.5) is 10.8 Å². The SMILES string of the molecule is O=C(Nc1nnc(-c2ccc([N+](=O)[O-])cc2)s1)c1ccccc1O. The van der Waals surface area contributed by atoms with Crippen LogP contribution < -0.4 is 5.32 Å². The first-order chi connectivity index (χ1) is 11.5. The van der Waals surface area contributed by atoms with E-state index in [2.05, 4.69) is 15.5 Å². The van der Waals surface area contributed by atoms with Crippen molar-refractivity contribution in [2.75, 3.05) is 5.32 Å². The second-order valence-corrected chi connectivity index (χ2v) is 5.67. The lowest BCUT2D eigenvalue weighted by Crippen LogP contribution is -2.11. The molecule has 3 aromatic rings. The van der Waals surface area contributed by atoms with Crippen molar-refractivity contribution in [3.05, 3.63) is 64.2 Å². The van der Waals surface area contributed by atoms with Gasteiger partial charge in [-0.2, -0.15) is 0 Å². The first-order valence-electron chi connectivity index (χ1n) is 6.72. The number of nitrogens with one attached hydrogen (secondary N) is 1. The molecule has 0 bridgehead atoms. The van der Waals surface area contributed by atoms with Gasteiger partial charge < -0.3 is 5.11 Å². The number of nitrogens with zero attached hydrogens (tertiary/aromatic N) is 3. The van der Waals surface area contributed by atoms with Crippen molar-refractivity contribution in [1.82, 2.24) is 10.2 Å². The molecule has 1 amide bonds. The molecule has 9 heteroatoms. The van der Waals surface area contributed by atoms with Crippen molar-refractivity contribution < 1.29 is 14.8 Å². The molecule has 0 unspecified atom stereocenters. The molecular weight excluding hydrogens is 332 g/mol. The summed E-state index contributed by atoms with van der Waals surface area (Å²) in [5, 5.41) is 31.5. The maximum Gasteiger partial charge on any atom is 0.269 e. The Labute approximate surface area is 139 Å². The second-order valence-electron chi connectivity index (χ2n) is 4.69. The van der Waals surface area contributed by atoms with Crippen LogP contribution in [0.15, 0.2) is 48.5 Å². The number of aromatic nitrogens is 2. The molecule has 8 nitrogen and oxygen atoms in total. The van der Waals surface area contributed by atoms with E-state index in [1.165, 1.54) is 24.3 Å². The van der Waals surface area contributed by atoms with Gasteiger partial charge in [-0.3, -0.25) is 20.2 Å². The number of amides is 1.